The lowest BCUT2D eigenvalue weighted by Gasteiger charge is -2.42. The van der Waals surface area contributed by atoms with Gasteiger partial charge in [0.15, 0.2) is 11.5 Å². The smallest absolute Gasteiger partial charge is 0.161 e. The lowest BCUT2D eigenvalue weighted by molar-refractivity contribution is 0.158. The second-order valence-corrected chi connectivity index (χ2v) is 9.83. The van der Waals surface area contributed by atoms with Crippen molar-refractivity contribution in [2.75, 3.05) is 38.8 Å². The fraction of sp³-hybridized carbons (Fsp3) is 0.379. The molecule has 1 unspecified atom stereocenters. The van der Waals surface area contributed by atoms with Gasteiger partial charge in [-0.05, 0) is 67.4 Å². The highest BCUT2D eigenvalue weighted by Crippen LogP contribution is 2.30. The van der Waals surface area contributed by atoms with Crippen LogP contribution in [-0.4, -0.2) is 44.8 Å². The van der Waals surface area contributed by atoms with Gasteiger partial charge in [-0.15, -0.1) is 0 Å². The number of rotatable bonds is 10. The summed E-state index contributed by atoms with van der Waals surface area (Å²) in [5.41, 5.74) is 3.76. The molecule has 3 aromatic rings. The standard InChI is InChI=1S/C29H36N2O3S/c1-5-6-25-21-31(18-17-30(25)20-23-9-16-28(32-3)29(19-23)33-4)24-10-12-26(13-11-24)34-35-27-14-7-22(2)8-15-27/h7-16,19,25H,5-6,17-18,20-21H2,1-4H3. The van der Waals surface area contributed by atoms with Gasteiger partial charge in [-0.3, -0.25) is 4.90 Å². The molecule has 3 aromatic carbocycles. The summed E-state index contributed by atoms with van der Waals surface area (Å²) in [6.45, 7) is 8.34. The Morgan fingerprint density at radius 2 is 1.63 bits per heavy atom. The summed E-state index contributed by atoms with van der Waals surface area (Å²) in [6.07, 6.45) is 2.35. The summed E-state index contributed by atoms with van der Waals surface area (Å²) < 4.78 is 16.8. The van der Waals surface area contributed by atoms with Gasteiger partial charge in [0.2, 0.25) is 0 Å². The molecule has 1 fully saturated rings. The van der Waals surface area contributed by atoms with Gasteiger partial charge in [-0.2, -0.15) is 0 Å². The number of ether oxygens (including phenoxy) is 2. The van der Waals surface area contributed by atoms with Crippen LogP contribution in [-0.2, 0) is 6.54 Å². The highest BCUT2D eigenvalue weighted by atomic mass is 32.2. The first-order valence-corrected chi connectivity index (χ1v) is 13.0. The van der Waals surface area contributed by atoms with E-state index in [-0.39, 0.29) is 0 Å². The molecule has 0 radical (unpaired) electrons. The second-order valence-electron chi connectivity index (χ2n) is 9.02. The molecule has 0 bridgehead atoms. The lowest BCUT2D eigenvalue weighted by Crippen LogP contribution is -2.52. The molecule has 5 nitrogen and oxygen atoms in total. The Morgan fingerprint density at radius 3 is 2.31 bits per heavy atom. The molecule has 0 saturated carbocycles. The van der Waals surface area contributed by atoms with Crippen molar-refractivity contribution in [3.63, 3.8) is 0 Å². The van der Waals surface area contributed by atoms with E-state index in [1.807, 2.05) is 6.07 Å². The molecule has 0 aromatic heterocycles. The van der Waals surface area contributed by atoms with Gasteiger partial charge >= 0.3 is 0 Å². The Hall–Kier alpha value is -2.83. The lowest BCUT2D eigenvalue weighted by atomic mass is 10.0. The van der Waals surface area contributed by atoms with Crippen molar-refractivity contribution in [2.24, 2.45) is 0 Å². The van der Waals surface area contributed by atoms with Crippen LogP contribution in [0.4, 0.5) is 5.69 Å². The largest absolute Gasteiger partial charge is 0.493 e. The minimum absolute atomic E-state index is 0.509. The van der Waals surface area contributed by atoms with Crippen LogP contribution in [0.15, 0.2) is 71.6 Å². The number of nitrogens with zero attached hydrogens (tertiary/aromatic N) is 2. The summed E-state index contributed by atoms with van der Waals surface area (Å²) in [4.78, 5) is 6.21. The van der Waals surface area contributed by atoms with Crippen molar-refractivity contribution in [3.8, 4) is 17.2 Å². The van der Waals surface area contributed by atoms with Crippen molar-refractivity contribution < 1.29 is 13.7 Å². The first kappa shape index (κ1) is 25.3. The highest BCUT2D eigenvalue weighted by Gasteiger charge is 2.27. The first-order valence-electron chi connectivity index (χ1n) is 12.3. The van der Waals surface area contributed by atoms with Crippen molar-refractivity contribution in [1.29, 1.82) is 0 Å². The minimum Gasteiger partial charge on any atom is -0.493 e. The van der Waals surface area contributed by atoms with Crippen LogP contribution in [0.2, 0.25) is 0 Å². The molecule has 0 spiro atoms. The van der Waals surface area contributed by atoms with Crippen molar-refractivity contribution in [2.45, 2.75) is 44.2 Å². The van der Waals surface area contributed by atoms with Crippen LogP contribution in [0.5, 0.6) is 17.2 Å². The predicted molar refractivity (Wildman–Crippen MR) is 145 cm³/mol. The average Bonchev–Trinajstić information content (AvgIpc) is 2.89. The summed E-state index contributed by atoms with van der Waals surface area (Å²) in [5.74, 6) is 2.44. The number of piperazine rings is 1. The van der Waals surface area contributed by atoms with Gasteiger partial charge in [0.25, 0.3) is 0 Å². The number of methoxy groups -OCH3 is 2. The molecule has 1 heterocycles. The Morgan fingerprint density at radius 1 is 0.886 bits per heavy atom. The predicted octanol–water partition coefficient (Wildman–Crippen LogP) is 6.59. The minimum atomic E-state index is 0.509. The third-order valence-corrected chi connectivity index (χ3v) is 7.26. The van der Waals surface area contributed by atoms with Crippen LogP contribution >= 0.6 is 12.0 Å². The molecule has 0 amide bonds. The van der Waals surface area contributed by atoms with E-state index in [0.717, 1.165) is 48.3 Å². The van der Waals surface area contributed by atoms with Crippen LogP contribution in [0.25, 0.3) is 0 Å². The van der Waals surface area contributed by atoms with E-state index in [4.69, 9.17) is 13.7 Å². The summed E-state index contributed by atoms with van der Waals surface area (Å²) >= 11 is 1.40. The quantitative estimate of drug-likeness (QED) is 0.297. The maximum atomic E-state index is 5.92. The molecule has 1 aliphatic heterocycles. The van der Waals surface area contributed by atoms with E-state index in [0.29, 0.717) is 6.04 Å². The van der Waals surface area contributed by atoms with Crippen molar-refractivity contribution in [1.82, 2.24) is 4.90 Å². The third kappa shape index (κ3) is 6.65. The van der Waals surface area contributed by atoms with Crippen LogP contribution in [0.3, 0.4) is 0 Å². The zero-order chi connectivity index (χ0) is 24.6. The Labute approximate surface area is 214 Å². The van der Waals surface area contributed by atoms with Gasteiger partial charge < -0.3 is 18.6 Å². The van der Waals surface area contributed by atoms with E-state index in [9.17, 15) is 0 Å². The molecule has 1 saturated heterocycles. The zero-order valence-electron chi connectivity index (χ0n) is 21.2. The molecule has 1 aliphatic rings. The summed E-state index contributed by atoms with van der Waals surface area (Å²) in [7, 11) is 3.37. The SMILES string of the molecule is CCCC1CN(c2ccc(OSc3ccc(C)cc3)cc2)CCN1Cc1ccc(OC)c(OC)c1. The van der Waals surface area contributed by atoms with Crippen molar-refractivity contribution >= 4 is 17.7 Å². The molecule has 6 heteroatoms. The van der Waals surface area contributed by atoms with E-state index in [1.165, 1.54) is 41.7 Å². The first-order chi connectivity index (χ1) is 17.1. The van der Waals surface area contributed by atoms with Crippen LogP contribution in [0, 0.1) is 6.92 Å². The number of anilines is 1. The fourth-order valence-corrected chi connectivity index (χ4v) is 5.11. The van der Waals surface area contributed by atoms with Gasteiger partial charge in [0.05, 0.1) is 26.3 Å². The molecular formula is C29H36N2O3S. The van der Waals surface area contributed by atoms with Gasteiger partial charge in [0.1, 0.15) is 5.75 Å². The molecule has 0 N–H and O–H groups in total. The molecule has 1 atom stereocenters. The number of hydrogen-bond donors (Lipinski definition) is 0. The maximum absolute atomic E-state index is 5.92. The van der Waals surface area contributed by atoms with Crippen LogP contribution < -0.4 is 18.6 Å². The van der Waals surface area contributed by atoms with E-state index in [1.54, 1.807) is 14.2 Å². The number of hydrogen-bond acceptors (Lipinski definition) is 6. The maximum Gasteiger partial charge on any atom is 0.161 e. The Bertz CT molecular complexity index is 1070. The monoisotopic (exact) mass is 492 g/mol. The van der Waals surface area contributed by atoms with Gasteiger partial charge in [-0.1, -0.05) is 37.1 Å². The summed E-state index contributed by atoms with van der Waals surface area (Å²) in [6, 6.07) is 23.6. The van der Waals surface area contributed by atoms with E-state index < -0.39 is 0 Å². The van der Waals surface area contributed by atoms with E-state index >= 15 is 0 Å². The molecule has 4 rings (SSSR count). The second kappa shape index (κ2) is 12.2. The zero-order valence-corrected chi connectivity index (χ0v) is 22.0. The topological polar surface area (TPSA) is 34.2 Å². The third-order valence-electron chi connectivity index (χ3n) is 6.52. The summed E-state index contributed by atoms with van der Waals surface area (Å²) in [5, 5.41) is 0. The normalized spacial score (nSPS) is 16.2. The Kier molecular flexibility index (Phi) is 8.83. The molecule has 186 valence electrons. The molecular weight excluding hydrogens is 456 g/mol. The van der Waals surface area contributed by atoms with Crippen molar-refractivity contribution in [3.05, 3.63) is 77.9 Å². The Balaban J connectivity index is 1.36. The molecule has 0 aliphatic carbocycles. The number of aryl methyl sites for hydroxylation is 1. The molecule has 35 heavy (non-hydrogen) atoms. The van der Waals surface area contributed by atoms with E-state index in [2.05, 4.69) is 84.3 Å². The van der Waals surface area contributed by atoms with Crippen LogP contribution in [0.1, 0.15) is 30.9 Å². The number of benzene rings is 3. The average molecular weight is 493 g/mol. The van der Waals surface area contributed by atoms with Gasteiger partial charge in [-0.25, -0.2) is 0 Å². The fourth-order valence-electron chi connectivity index (χ4n) is 4.56. The van der Waals surface area contributed by atoms with Gasteiger partial charge in [0, 0.05) is 42.8 Å². The highest BCUT2D eigenvalue weighted by molar-refractivity contribution is 7.95.